The fourth-order valence-electron chi connectivity index (χ4n) is 2.58. The fourth-order valence-corrected chi connectivity index (χ4v) is 2.58. The van der Waals surface area contributed by atoms with E-state index >= 15 is 0 Å². The summed E-state index contributed by atoms with van der Waals surface area (Å²) in [5, 5.41) is 12.4. The molecule has 1 aliphatic rings. The van der Waals surface area contributed by atoms with Gasteiger partial charge in [0.1, 0.15) is 0 Å². The Labute approximate surface area is 113 Å². The van der Waals surface area contributed by atoms with E-state index in [-0.39, 0.29) is 5.69 Å². The van der Waals surface area contributed by atoms with Crippen LogP contribution in [-0.2, 0) is 6.54 Å². The summed E-state index contributed by atoms with van der Waals surface area (Å²) in [5.41, 5.74) is -0.0185. The molecule has 1 aromatic rings. The first-order valence-corrected chi connectivity index (χ1v) is 6.71. The lowest BCUT2D eigenvalue weighted by Gasteiger charge is -2.29. The van der Waals surface area contributed by atoms with E-state index in [1.807, 2.05) is 0 Å². The highest BCUT2D eigenvalue weighted by atomic mass is 16.5. The largest absolute Gasteiger partial charge is 0.476 e. The molecule has 0 radical (unpaired) electrons. The number of rotatable bonds is 4. The molecule has 1 N–H and O–H groups in total. The molecule has 2 heterocycles. The van der Waals surface area contributed by atoms with Gasteiger partial charge in [-0.2, -0.15) is 0 Å². The molecule has 0 amide bonds. The molecule has 1 fully saturated rings. The Morgan fingerprint density at radius 1 is 1.58 bits per heavy atom. The fraction of sp³-hybridized carbons (Fsp3) is 0.692. The molecular formula is C13H21N3O3. The lowest BCUT2D eigenvalue weighted by molar-refractivity contribution is 0.0685. The summed E-state index contributed by atoms with van der Waals surface area (Å²) in [6.45, 7) is 5.96. The van der Waals surface area contributed by atoms with Crippen molar-refractivity contribution in [3.05, 3.63) is 17.5 Å². The highest BCUT2D eigenvalue weighted by Gasteiger charge is 2.23. The van der Waals surface area contributed by atoms with Crippen molar-refractivity contribution in [3.8, 4) is 0 Å². The van der Waals surface area contributed by atoms with Gasteiger partial charge in [-0.3, -0.25) is 4.90 Å². The first kappa shape index (κ1) is 14.0. The van der Waals surface area contributed by atoms with Crippen LogP contribution in [-0.4, -0.2) is 58.8 Å². The van der Waals surface area contributed by atoms with Gasteiger partial charge in [-0.05, 0) is 26.4 Å². The minimum Gasteiger partial charge on any atom is -0.476 e. The number of hydrogen-bond donors (Lipinski definition) is 1. The summed E-state index contributed by atoms with van der Waals surface area (Å²) in [5.74, 6) is -0.418. The van der Waals surface area contributed by atoms with Crippen LogP contribution in [0, 0.1) is 0 Å². The van der Waals surface area contributed by atoms with Crippen LogP contribution in [0.15, 0.2) is 10.6 Å². The van der Waals surface area contributed by atoms with Crippen molar-refractivity contribution in [3.63, 3.8) is 0 Å². The molecule has 1 saturated heterocycles. The molecule has 6 heteroatoms. The number of carboxylic acid groups (broad SMARTS) is 1. The maximum Gasteiger partial charge on any atom is 0.358 e. The Morgan fingerprint density at radius 3 is 3.00 bits per heavy atom. The van der Waals surface area contributed by atoms with Crippen LogP contribution in [0.4, 0.5) is 0 Å². The zero-order valence-corrected chi connectivity index (χ0v) is 11.5. The lowest BCUT2D eigenvalue weighted by Crippen LogP contribution is -2.39. The van der Waals surface area contributed by atoms with E-state index in [0.717, 1.165) is 32.5 Å². The monoisotopic (exact) mass is 267 g/mol. The smallest absolute Gasteiger partial charge is 0.358 e. The van der Waals surface area contributed by atoms with Gasteiger partial charge in [0.15, 0.2) is 11.5 Å². The highest BCUT2D eigenvalue weighted by Crippen LogP contribution is 2.16. The maximum atomic E-state index is 10.8. The number of aromatic carboxylic acids is 1. The standard InChI is InChI=1S/C13H21N3O3/c1-3-10-8-15(2)5-4-6-16(10)9-11-7-12(13(17)18)14-19-11/h7,10H,3-6,8-9H2,1-2H3,(H,17,18). The molecule has 0 bridgehead atoms. The van der Waals surface area contributed by atoms with E-state index in [9.17, 15) is 4.79 Å². The average Bonchev–Trinajstić information content (AvgIpc) is 2.76. The molecule has 0 aromatic carbocycles. The van der Waals surface area contributed by atoms with Gasteiger partial charge in [-0.25, -0.2) is 4.79 Å². The summed E-state index contributed by atoms with van der Waals surface area (Å²) < 4.78 is 5.10. The highest BCUT2D eigenvalue weighted by molar-refractivity contribution is 5.85. The van der Waals surface area contributed by atoms with Crippen molar-refractivity contribution in [2.75, 3.05) is 26.7 Å². The van der Waals surface area contributed by atoms with Gasteiger partial charge in [0, 0.05) is 25.2 Å². The topological polar surface area (TPSA) is 69.8 Å². The van der Waals surface area contributed by atoms with Crippen molar-refractivity contribution in [1.82, 2.24) is 15.0 Å². The van der Waals surface area contributed by atoms with Crippen molar-refractivity contribution in [2.24, 2.45) is 0 Å². The third kappa shape index (κ3) is 3.54. The second kappa shape index (κ2) is 6.16. The molecule has 1 atom stereocenters. The Balaban J connectivity index is 2.04. The van der Waals surface area contributed by atoms with Crippen LogP contribution in [0.1, 0.15) is 36.0 Å². The van der Waals surface area contributed by atoms with Crippen molar-refractivity contribution >= 4 is 5.97 Å². The van der Waals surface area contributed by atoms with E-state index in [2.05, 4.69) is 28.9 Å². The van der Waals surface area contributed by atoms with Crippen molar-refractivity contribution in [1.29, 1.82) is 0 Å². The van der Waals surface area contributed by atoms with Gasteiger partial charge in [0.05, 0.1) is 6.54 Å². The molecule has 2 rings (SSSR count). The molecule has 1 aromatic heterocycles. The molecular weight excluding hydrogens is 246 g/mol. The first-order chi connectivity index (χ1) is 9.10. The predicted octanol–water partition coefficient (Wildman–Crippen LogP) is 1.29. The summed E-state index contributed by atoms with van der Waals surface area (Å²) >= 11 is 0. The predicted molar refractivity (Wildman–Crippen MR) is 70.1 cm³/mol. The van der Waals surface area contributed by atoms with Crippen molar-refractivity contribution < 1.29 is 14.4 Å². The van der Waals surface area contributed by atoms with E-state index in [1.54, 1.807) is 0 Å². The van der Waals surface area contributed by atoms with Crippen LogP contribution in [0.3, 0.4) is 0 Å². The van der Waals surface area contributed by atoms with Gasteiger partial charge >= 0.3 is 5.97 Å². The zero-order chi connectivity index (χ0) is 13.8. The summed E-state index contributed by atoms with van der Waals surface area (Å²) in [4.78, 5) is 15.5. The zero-order valence-electron chi connectivity index (χ0n) is 11.5. The van der Waals surface area contributed by atoms with Gasteiger partial charge in [-0.1, -0.05) is 12.1 Å². The second-order valence-electron chi connectivity index (χ2n) is 5.13. The van der Waals surface area contributed by atoms with Gasteiger partial charge in [-0.15, -0.1) is 0 Å². The Bertz CT molecular complexity index is 433. The van der Waals surface area contributed by atoms with Crippen LogP contribution in [0.5, 0.6) is 0 Å². The van der Waals surface area contributed by atoms with E-state index < -0.39 is 5.97 Å². The van der Waals surface area contributed by atoms with E-state index in [4.69, 9.17) is 9.63 Å². The SMILES string of the molecule is CCC1CN(C)CCCN1Cc1cc(C(=O)O)no1. The summed E-state index contributed by atoms with van der Waals surface area (Å²) in [7, 11) is 2.14. The first-order valence-electron chi connectivity index (χ1n) is 6.71. The molecule has 106 valence electrons. The average molecular weight is 267 g/mol. The molecule has 1 aliphatic heterocycles. The normalized spacial score (nSPS) is 22.3. The molecule has 0 spiro atoms. The Morgan fingerprint density at radius 2 is 2.37 bits per heavy atom. The molecule has 0 saturated carbocycles. The van der Waals surface area contributed by atoms with Gasteiger partial charge in [0.25, 0.3) is 0 Å². The van der Waals surface area contributed by atoms with Crippen LogP contribution >= 0.6 is 0 Å². The van der Waals surface area contributed by atoms with Crippen LogP contribution in [0.25, 0.3) is 0 Å². The van der Waals surface area contributed by atoms with Crippen molar-refractivity contribution in [2.45, 2.75) is 32.4 Å². The maximum absolute atomic E-state index is 10.8. The molecule has 19 heavy (non-hydrogen) atoms. The number of carboxylic acids is 1. The number of aromatic nitrogens is 1. The number of nitrogens with zero attached hydrogens (tertiary/aromatic N) is 3. The van der Waals surface area contributed by atoms with Gasteiger partial charge < -0.3 is 14.5 Å². The van der Waals surface area contributed by atoms with Crippen LogP contribution in [0.2, 0.25) is 0 Å². The summed E-state index contributed by atoms with van der Waals surface area (Å²) in [6, 6.07) is 2.00. The number of likely N-dealkylation sites (N-methyl/N-ethyl adjacent to an activating group) is 1. The minimum atomic E-state index is -1.04. The Kier molecular flexibility index (Phi) is 4.55. The minimum absolute atomic E-state index is 0.0185. The van der Waals surface area contributed by atoms with Gasteiger partial charge in [0.2, 0.25) is 0 Å². The van der Waals surface area contributed by atoms with E-state index in [0.29, 0.717) is 18.3 Å². The number of carbonyl (C=O) groups is 1. The van der Waals surface area contributed by atoms with Crippen LogP contribution < -0.4 is 0 Å². The number of hydrogen-bond acceptors (Lipinski definition) is 5. The molecule has 0 aliphatic carbocycles. The third-order valence-electron chi connectivity index (χ3n) is 3.63. The molecule has 6 nitrogen and oxygen atoms in total. The Hall–Kier alpha value is -1.40. The van der Waals surface area contributed by atoms with E-state index in [1.165, 1.54) is 6.07 Å². The lowest BCUT2D eigenvalue weighted by atomic mass is 10.2. The quantitative estimate of drug-likeness (QED) is 0.886. The second-order valence-corrected chi connectivity index (χ2v) is 5.13. The third-order valence-corrected chi connectivity index (χ3v) is 3.63. The molecule has 1 unspecified atom stereocenters. The summed E-state index contributed by atoms with van der Waals surface area (Å²) in [6.07, 6.45) is 2.19.